The summed E-state index contributed by atoms with van der Waals surface area (Å²) in [6.07, 6.45) is 1.23. The van der Waals surface area contributed by atoms with Crippen molar-refractivity contribution in [2.75, 3.05) is 18.0 Å². The summed E-state index contributed by atoms with van der Waals surface area (Å²) in [6, 6.07) is 8.10. The van der Waals surface area contributed by atoms with Gasteiger partial charge < -0.3 is 4.90 Å². The molecule has 1 aliphatic rings. The Morgan fingerprint density at radius 1 is 1.21 bits per heavy atom. The molecule has 0 aliphatic carbocycles. The smallest absolute Gasteiger partial charge is 0.159 e. The van der Waals surface area contributed by atoms with E-state index in [-0.39, 0.29) is 0 Å². The van der Waals surface area contributed by atoms with Crippen molar-refractivity contribution >= 4 is 28.2 Å². The van der Waals surface area contributed by atoms with Gasteiger partial charge in [-0.15, -0.1) is 10.2 Å². The first-order chi connectivity index (χ1) is 9.16. The van der Waals surface area contributed by atoms with E-state index < -0.39 is 0 Å². The number of halogens is 1. The van der Waals surface area contributed by atoms with Gasteiger partial charge in [-0.2, -0.15) is 0 Å². The Balaban J connectivity index is 2.00. The van der Waals surface area contributed by atoms with E-state index in [1.807, 2.05) is 18.2 Å². The molecular weight excluding hydrogens is 258 g/mol. The first-order valence-corrected chi connectivity index (χ1v) is 7.20. The predicted molar refractivity (Wildman–Crippen MR) is 79.7 cm³/mol. The molecule has 4 heteroatoms. The van der Waals surface area contributed by atoms with Gasteiger partial charge in [-0.25, -0.2) is 0 Å². The zero-order chi connectivity index (χ0) is 13.4. The van der Waals surface area contributed by atoms with E-state index in [1.54, 1.807) is 0 Å². The van der Waals surface area contributed by atoms with Crippen LogP contribution in [0.3, 0.4) is 0 Å². The second-order valence-corrected chi connectivity index (χ2v) is 5.96. The second kappa shape index (κ2) is 4.97. The molecule has 0 N–H and O–H groups in total. The number of benzene rings is 1. The van der Waals surface area contributed by atoms with Crippen LogP contribution in [-0.2, 0) is 0 Å². The Morgan fingerprint density at radius 2 is 1.95 bits per heavy atom. The van der Waals surface area contributed by atoms with Gasteiger partial charge in [0.1, 0.15) is 0 Å². The molecule has 1 aromatic heterocycles. The summed E-state index contributed by atoms with van der Waals surface area (Å²) in [5.74, 6) is 2.44. The van der Waals surface area contributed by atoms with Crippen molar-refractivity contribution in [2.45, 2.75) is 20.3 Å². The maximum atomic E-state index is 6.12. The third kappa shape index (κ3) is 2.27. The van der Waals surface area contributed by atoms with Gasteiger partial charge in [0.25, 0.3) is 0 Å². The van der Waals surface area contributed by atoms with Crippen LogP contribution in [0.1, 0.15) is 20.3 Å². The molecule has 19 heavy (non-hydrogen) atoms. The maximum Gasteiger partial charge on any atom is 0.159 e. The highest BCUT2D eigenvalue weighted by Crippen LogP contribution is 2.32. The number of rotatable bonds is 2. The zero-order valence-corrected chi connectivity index (χ0v) is 12.1. The van der Waals surface area contributed by atoms with Crippen LogP contribution in [0.25, 0.3) is 10.8 Å². The average molecular weight is 276 g/mol. The van der Waals surface area contributed by atoms with E-state index in [1.165, 1.54) is 6.42 Å². The number of anilines is 1. The molecule has 1 unspecified atom stereocenters. The predicted octanol–water partition coefficient (Wildman–Crippen LogP) is 3.77. The van der Waals surface area contributed by atoms with E-state index in [0.29, 0.717) is 5.15 Å². The highest BCUT2D eigenvalue weighted by molar-refractivity contribution is 6.34. The number of nitrogens with zero attached hydrogens (tertiary/aromatic N) is 3. The fourth-order valence-electron chi connectivity index (χ4n) is 2.81. The lowest BCUT2D eigenvalue weighted by molar-refractivity contribution is 0.422. The van der Waals surface area contributed by atoms with E-state index in [9.17, 15) is 0 Å². The molecule has 0 spiro atoms. The van der Waals surface area contributed by atoms with Gasteiger partial charge in [-0.05, 0) is 18.3 Å². The van der Waals surface area contributed by atoms with Crippen molar-refractivity contribution in [2.24, 2.45) is 11.8 Å². The average Bonchev–Trinajstić information content (AvgIpc) is 2.89. The summed E-state index contributed by atoms with van der Waals surface area (Å²) in [5.41, 5.74) is 0. The fourth-order valence-corrected chi connectivity index (χ4v) is 3.02. The van der Waals surface area contributed by atoms with Crippen LogP contribution in [-0.4, -0.2) is 23.3 Å². The van der Waals surface area contributed by atoms with Crippen molar-refractivity contribution in [3.05, 3.63) is 29.4 Å². The van der Waals surface area contributed by atoms with Gasteiger partial charge in [0.15, 0.2) is 11.0 Å². The van der Waals surface area contributed by atoms with Crippen LogP contribution in [0.5, 0.6) is 0 Å². The lowest BCUT2D eigenvalue weighted by Crippen LogP contribution is -2.22. The summed E-state index contributed by atoms with van der Waals surface area (Å²) in [6.45, 7) is 6.71. The number of hydrogen-bond donors (Lipinski definition) is 0. The molecule has 1 saturated heterocycles. The third-order valence-corrected chi connectivity index (χ3v) is 4.37. The summed E-state index contributed by atoms with van der Waals surface area (Å²) < 4.78 is 0. The topological polar surface area (TPSA) is 29.0 Å². The van der Waals surface area contributed by atoms with E-state index in [4.69, 9.17) is 11.6 Å². The summed E-state index contributed by atoms with van der Waals surface area (Å²) in [4.78, 5) is 2.34. The molecule has 1 aliphatic heterocycles. The first-order valence-electron chi connectivity index (χ1n) is 6.82. The highest BCUT2D eigenvalue weighted by Gasteiger charge is 2.27. The van der Waals surface area contributed by atoms with Crippen LogP contribution < -0.4 is 4.90 Å². The third-order valence-electron chi connectivity index (χ3n) is 4.09. The van der Waals surface area contributed by atoms with Gasteiger partial charge in [-0.1, -0.05) is 49.7 Å². The minimum atomic E-state index is 0.485. The molecule has 3 rings (SSSR count). The van der Waals surface area contributed by atoms with Crippen LogP contribution in [0.2, 0.25) is 5.15 Å². The zero-order valence-electron chi connectivity index (χ0n) is 11.3. The number of fused-ring (bicyclic) bond motifs is 1. The standard InChI is InChI=1S/C15H18ClN3/c1-10(2)11-7-8-19(9-11)15-13-6-4-3-5-12(13)14(16)17-18-15/h3-6,10-11H,7-9H2,1-2H3. The largest absolute Gasteiger partial charge is 0.354 e. The Kier molecular flexibility index (Phi) is 3.31. The van der Waals surface area contributed by atoms with Gasteiger partial charge >= 0.3 is 0 Å². The van der Waals surface area contributed by atoms with E-state index >= 15 is 0 Å². The quantitative estimate of drug-likeness (QED) is 0.835. The molecule has 1 aromatic carbocycles. The summed E-state index contributed by atoms with van der Waals surface area (Å²) >= 11 is 6.12. The monoisotopic (exact) mass is 275 g/mol. The Morgan fingerprint density at radius 3 is 2.63 bits per heavy atom. The lowest BCUT2D eigenvalue weighted by atomic mass is 9.95. The molecule has 0 amide bonds. The van der Waals surface area contributed by atoms with Gasteiger partial charge in [-0.3, -0.25) is 0 Å². The number of hydrogen-bond acceptors (Lipinski definition) is 3. The molecule has 2 heterocycles. The van der Waals surface area contributed by atoms with Gasteiger partial charge in [0.2, 0.25) is 0 Å². The molecule has 1 atom stereocenters. The Labute approximate surface area is 118 Å². The van der Waals surface area contributed by atoms with Gasteiger partial charge in [0.05, 0.1) is 0 Å². The van der Waals surface area contributed by atoms with Crippen LogP contribution in [0.4, 0.5) is 5.82 Å². The molecule has 3 nitrogen and oxygen atoms in total. The minimum absolute atomic E-state index is 0.485. The van der Waals surface area contributed by atoms with Gasteiger partial charge in [0, 0.05) is 23.9 Å². The molecular formula is C15H18ClN3. The van der Waals surface area contributed by atoms with E-state index in [0.717, 1.165) is 41.5 Å². The van der Waals surface area contributed by atoms with Crippen molar-refractivity contribution in [1.29, 1.82) is 0 Å². The molecule has 0 radical (unpaired) electrons. The second-order valence-electron chi connectivity index (χ2n) is 5.60. The van der Waals surface area contributed by atoms with E-state index in [2.05, 4.69) is 35.0 Å². The highest BCUT2D eigenvalue weighted by atomic mass is 35.5. The van der Waals surface area contributed by atoms with Crippen LogP contribution in [0.15, 0.2) is 24.3 Å². The van der Waals surface area contributed by atoms with Crippen LogP contribution in [0, 0.1) is 11.8 Å². The molecule has 2 aromatic rings. The number of aromatic nitrogens is 2. The lowest BCUT2D eigenvalue weighted by Gasteiger charge is -2.20. The first kappa shape index (κ1) is 12.7. The van der Waals surface area contributed by atoms with Crippen molar-refractivity contribution in [3.8, 4) is 0 Å². The summed E-state index contributed by atoms with van der Waals surface area (Å²) in [5, 5.41) is 11.0. The van der Waals surface area contributed by atoms with Crippen molar-refractivity contribution in [1.82, 2.24) is 10.2 Å². The maximum absolute atomic E-state index is 6.12. The minimum Gasteiger partial charge on any atom is -0.354 e. The normalized spacial score (nSPS) is 19.6. The molecule has 100 valence electrons. The molecule has 1 fully saturated rings. The molecule has 0 saturated carbocycles. The fraction of sp³-hybridized carbons (Fsp3) is 0.467. The van der Waals surface area contributed by atoms with Crippen LogP contribution >= 0.6 is 11.6 Å². The molecule has 0 bridgehead atoms. The van der Waals surface area contributed by atoms with Crippen molar-refractivity contribution < 1.29 is 0 Å². The van der Waals surface area contributed by atoms with Crippen molar-refractivity contribution in [3.63, 3.8) is 0 Å². The SMILES string of the molecule is CC(C)C1CCN(c2nnc(Cl)c3ccccc23)C1. The Bertz CT molecular complexity index is 597. The summed E-state index contributed by atoms with van der Waals surface area (Å²) in [7, 11) is 0. The Hall–Kier alpha value is -1.35.